The molecule has 0 bridgehead atoms. The second-order valence-corrected chi connectivity index (χ2v) is 10.7. The summed E-state index contributed by atoms with van der Waals surface area (Å²) in [5.41, 5.74) is 3.86. The predicted molar refractivity (Wildman–Crippen MR) is 139 cm³/mol. The summed E-state index contributed by atoms with van der Waals surface area (Å²) in [6.45, 7) is 5.76. The van der Waals surface area contributed by atoms with Crippen LogP contribution in [0.5, 0.6) is 5.75 Å². The Morgan fingerprint density at radius 1 is 1.03 bits per heavy atom. The maximum Gasteiger partial charge on any atom is 0.254 e. The molecule has 1 aliphatic carbocycles. The number of benzene rings is 2. The van der Waals surface area contributed by atoms with Crippen molar-refractivity contribution in [2.75, 3.05) is 26.2 Å². The smallest absolute Gasteiger partial charge is 0.254 e. The molecule has 0 N–H and O–H groups in total. The van der Waals surface area contributed by atoms with Crippen LogP contribution in [0, 0.1) is 19.8 Å². The van der Waals surface area contributed by atoms with Crippen molar-refractivity contribution in [1.29, 1.82) is 0 Å². The van der Waals surface area contributed by atoms with Gasteiger partial charge in [0.25, 0.3) is 5.91 Å². The van der Waals surface area contributed by atoms with Gasteiger partial charge in [-0.1, -0.05) is 36.4 Å². The molecule has 3 aromatic rings. The number of amides is 2. The lowest BCUT2D eigenvalue weighted by Gasteiger charge is -2.37. The standard InChI is InChI=1S/C29H32N2O3S/c1-20-7-3-5-9-23(20)29(33)30(17-22-11-12-22)18-28(32)31-15-13-27-24(14-16-35-27)25(31)19-34-26-10-6-4-8-21(26)2/h3-10,14,16,22,25H,11-13,15,17-19H2,1-2H3/t25-/m0/s1. The lowest BCUT2D eigenvalue weighted by Crippen LogP contribution is -2.48. The highest BCUT2D eigenvalue weighted by atomic mass is 32.1. The SMILES string of the molecule is Cc1ccccc1OC[C@H]1c2ccsc2CCN1C(=O)CN(CC1CC1)C(=O)c1ccccc1C. The van der Waals surface area contributed by atoms with Crippen molar-refractivity contribution in [1.82, 2.24) is 9.80 Å². The fourth-order valence-electron chi connectivity index (χ4n) is 4.83. The van der Waals surface area contributed by atoms with Crippen LogP contribution in [0.15, 0.2) is 60.0 Å². The molecule has 182 valence electrons. The average Bonchev–Trinajstić information content (AvgIpc) is 3.55. The van der Waals surface area contributed by atoms with E-state index in [2.05, 4.69) is 11.4 Å². The van der Waals surface area contributed by atoms with E-state index in [1.807, 2.05) is 67.3 Å². The maximum absolute atomic E-state index is 13.7. The van der Waals surface area contributed by atoms with Crippen LogP contribution in [0.2, 0.25) is 0 Å². The summed E-state index contributed by atoms with van der Waals surface area (Å²) < 4.78 is 6.23. The molecule has 2 aliphatic rings. The fourth-order valence-corrected chi connectivity index (χ4v) is 5.76. The zero-order chi connectivity index (χ0) is 24.4. The molecule has 1 saturated carbocycles. The van der Waals surface area contributed by atoms with E-state index >= 15 is 0 Å². The normalized spacial score (nSPS) is 17.1. The van der Waals surface area contributed by atoms with E-state index in [4.69, 9.17) is 4.74 Å². The molecular formula is C29H32N2O3S. The maximum atomic E-state index is 13.7. The highest BCUT2D eigenvalue weighted by Gasteiger charge is 2.35. The summed E-state index contributed by atoms with van der Waals surface area (Å²) in [6, 6.07) is 17.6. The Kier molecular flexibility index (Phi) is 6.91. The minimum atomic E-state index is -0.159. The van der Waals surface area contributed by atoms with Crippen LogP contribution >= 0.6 is 11.3 Å². The molecule has 1 fully saturated rings. The molecule has 5 nitrogen and oxygen atoms in total. The number of ether oxygens (including phenoxy) is 1. The van der Waals surface area contributed by atoms with Crippen molar-refractivity contribution in [3.63, 3.8) is 0 Å². The number of carbonyl (C=O) groups excluding carboxylic acids is 2. The van der Waals surface area contributed by atoms with Crippen LogP contribution in [-0.4, -0.2) is 47.9 Å². The Hall–Kier alpha value is -3.12. The van der Waals surface area contributed by atoms with Gasteiger partial charge in [0.15, 0.2) is 0 Å². The van der Waals surface area contributed by atoms with E-state index in [-0.39, 0.29) is 24.4 Å². The first-order valence-corrected chi connectivity index (χ1v) is 13.3. The monoisotopic (exact) mass is 488 g/mol. The molecule has 6 heteroatoms. The largest absolute Gasteiger partial charge is 0.491 e. The summed E-state index contributed by atoms with van der Waals surface area (Å²) in [5, 5.41) is 2.10. The number of aryl methyl sites for hydroxylation is 2. The lowest BCUT2D eigenvalue weighted by atomic mass is 10.00. The number of thiophene rings is 1. The Morgan fingerprint density at radius 3 is 2.51 bits per heavy atom. The van der Waals surface area contributed by atoms with Crippen molar-refractivity contribution in [3.05, 3.63) is 87.1 Å². The van der Waals surface area contributed by atoms with Gasteiger partial charge in [-0.25, -0.2) is 0 Å². The van der Waals surface area contributed by atoms with Gasteiger partial charge in [0.05, 0.1) is 6.04 Å². The number of nitrogens with zero attached hydrogens (tertiary/aromatic N) is 2. The van der Waals surface area contributed by atoms with Crippen molar-refractivity contribution < 1.29 is 14.3 Å². The Morgan fingerprint density at radius 2 is 1.77 bits per heavy atom. The van der Waals surface area contributed by atoms with E-state index in [9.17, 15) is 9.59 Å². The molecule has 2 amide bonds. The molecule has 1 atom stereocenters. The van der Waals surface area contributed by atoms with Gasteiger partial charge >= 0.3 is 0 Å². The van der Waals surface area contributed by atoms with Crippen LogP contribution in [0.3, 0.4) is 0 Å². The highest BCUT2D eigenvalue weighted by molar-refractivity contribution is 7.10. The third-order valence-corrected chi connectivity index (χ3v) is 8.07. The van der Waals surface area contributed by atoms with Gasteiger partial charge in [-0.05, 0) is 79.3 Å². The van der Waals surface area contributed by atoms with Gasteiger partial charge in [-0.3, -0.25) is 9.59 Å². The van der Waals surface area contributed by atoms with E-state index < -0.39 is 0 Å². The highest BCUT2D eigenvalue weighted by Crippen LogP contribution is 2.35. The van der Waals surface area contributed by atoms with Gasteiger partial charge < -0.3 is 14.5 Å². The van der Waals surface area contributed by atoms with Gasteiger partial charge in [0, 0.05) is 23.5 Å². The summed E-state index contributed by atoms with van der Waals surface area (Å²) in [6.07, 6.45) is 3.09. The number of rotatable bonds is 8. The van der Waals surface area contributed by atoms with Crippen molar-refractivity contribution in [3.8, 4) is 5.75 Å². The molecule has 0 saturated heterocycles. The van der Waals surface area contributed by atoms with Crippen molar-refractivity contribution in [2.24, 2.45) is 5.92 Å². The third-order valence-electron chi connectivity index (χ3n) is 7.07. The Labute approximate surface area is 211 Å². The molecule has 2 heterocycles. The number of hydrogen-bond acceptors (Lipinski definition) is 4. The second-order valence-electron chi connectivity index (χ2n) is 9.67. The van der Waals surface area contributed by atoms with Gasteiger partial charge in [0.2, 0.25) is 5.91 Å². The summed E-state index contributed by atoms with van der Waals surface area (Å²) in [7, 11) is 0. The van der Waals surface area contributed by atoms with Gasteiger partial charge in [0.1, 0.15) is 18.9 Å². The average molecular weight is 489 g/mol. The molecule has 1 aliphatic heterocycles. The van der Waals surface area contributed by atoms with Crippen molar-refractivity contribution >= 4 is 23.2 Å². The Balaban J connectivity index is 1.36. The zero-order valence-corrected chi connectivity index (χ0v) is 21.2. The molecule has 0 spiro atoms. The van der Waals surface area contributed by atoms with Crippen LogP contribution in [0.25, 0.3) is 0 Å². The number of hydrogen-bond donors (Lipinski definition) is 0. The molecule has 1 aromatic heterocycles. The summed E-state index contributed by atoms with van der Waals surface area (Å²) >= 11 is 1.74. The summed E-state index contributed by atoms with van der Waals surface area (Å²) in [4.78, 5) is 32.2. The van der Waals surface area contributed by atoms with Crippen LogP contribution in [0.1, 0.15) is 50.8 Å². The minimum absolute atomic E-state index is 0.0113. The lowest BCUT2D eigenvalue weighted by molar-refractivity contribution is -0.135. The van der Waals surface area contributed by atoms with E-state index in [0.29, 0.717) is 31.2 Å². The summed E-state index contributed by atoms with van der Waals surface area (Å²) in [5.74, 6) is 1.28. The quantitative estimate of drug-likeness (QED) is 0.425. The van der Waals surface area contributed by atoms with Crippen LogP contribution in [0.4, 0.5) is 0 Å². The molecule has 2 aromatic carbocycles. The third kappa shape index (κ3) is 5.27. The molecular weight excluding hydrogens is 456 g/mol. The first-order chi connectivity index (χ1) is 17.0. The predicted octanol–water partition coefficient (Wildman–Crippen LogP) is 5.42. The molecule has 5 rings (SSSR count). The number of para-hydroxylation sites is 1. The zero-order valence-electron chi connectivity index (χ0n) is 20.4. The van der Waals surface area contributed by atoms with Gasteiger partial charge in [-0.15, -0.1) is 11.3 Å². The van der Waals surface area contributed by atoms with E-state index in [0.717, 1.165) is 36.1 Å². The fraction of sp³-hybridized carbons (Fsp3) is 0.379. The first kappa shape index (κ1) is 23.6. The number of carbonyl (C=O) groups is 2. The molecule has 0 unspecified atom stereocenters. The van der Waals surface area contributed by atoms with E-state index in [1.165, 1.54) is 10.4 Å². The van der Waals surface area contributed by atoms with Gasteiger partial charge in [-0.2, -0.15) is 0 Å². The first-order valence-electron chi connectivity index (χ1n) is 12.4. The second kappa shape index (κ2) is 10.2. The van der Waals surface area contributed by atoms with Crippen molar-refractivity contribution in [2.45, 2.75) is 39.2 Å². The minimum Gasteiger partial charge on any atom is -0.491 e. The topological polar surface area (TPSA) is 49.9 Å². The van der Waals surface area contributed by atoms with Crippen LogP contribution < -0.4 is 4.74 Å². The Bertz CT molecular complexity index is 1220. The molecule has 0 radical (unpaired) electrons. The molecule has 35 heavy (non-hydrogen) atoms. The van der Waals surface area contributed by atoms with E-state index in [1.54, 1.807) is 16.2 Å². The number of fused-ring (bicyclic) bond motifs is 1. The van der Waals surface area contributed by atoms with Crippen LogP contribution in [-0.2, 0) is 11.2 Å².